The first-order valence-electron chi connectivity index (χ1n) is 7.36. The number of phenols is 1. The van der Waals surface area contributed by atoms with Crippen molar-refractivity contribution < 1.29 is 19.4 Å². The lowest BCUT2D eigenvalue weighted by Gasteiger charge is -2.10. The van der Waals surface area contributed by atoms with Crippen molar-refractivity contribution in [3.05, 3.63) is 59.2 Å². The molecule has 0 unspecified atom stereocenters. The molecule has 2 aromatic rings. The van der Waals surface area contributed by atoms with Crippen LogP contribution in [-0.2, 0) is 6.42 Å². The Hall–Kier alpha value is -2.75. The summed E-state index contributed by atoms with van der Waals surface area (Å²) in [7, 11) is 2.93. The lowest BCUT2D eigenvalue weighted by molar-refractivity contribution is 0.104. The average molecular weight is 312 g/mol. The molecule has 0 atom stereocenters. The Balaban J connectivity index is 2.36. The van der Waals surface area contributed by atoms with Crippen LogP contribution in [-0.4, -0.2) is 25.1 Å². The Morgan fingerprint density at radius 2 is 1.91 bits per heavy atom. The molecule has 2 aromatic carbocycles. The fourth-order valence-electron chi connectivity index (χ4n) is 2.37. The maximum atomic E-state index is 12.5. The summed E-state index contributed by atoms with van der Waals surface area (Å²) in [6.07, 6.45) is 4.08. The van der Waals surface area contributed by atoms with Gasteiger partial charge in [-0.15, -0.1) is 0 Å². The number of ketones is 1. The number of carbonyl (C=O) groups excluding carboxylic acids is 1. The fourth-order valence-corrected chi connectivity index (χ4v) is 2.37. The van der Waals surface area contributed by atoms with Crippen molar-refractivity contribution in [2.45, 2.75) is 13.3 Å². The van der Waals surface area contributed by atoms with Crippen molar-refractivity contribution in [2.24, 2.45) is 0 Å². The molecule has 0 bridgehead atoms. The number of hydrogen-bond acceptors (Lipinski definition) is 4. The van der Waals surface area contributed by atoms with Gasteiger partial charge < -0.3 is 14.6 Å². The highest BCUT2D eigenvalue weighted by Gasteiger charge is 2.17. The molecule has 0 spiro atoms. The molecule has 0 aromatic heterocycles. The summed E-state index contributed by atoms with van der Waals surface area (Å²) in [5, 5.41) is 10.1. The predicted molar refractivity (Wildman–Crippen MR) is 90.4 cm³/mol. The first-order chi connectivity index (χ1) is 11.1. The number of aryl methyl sites for hydroxylation is 1. The van der Waals surface area contributed by atoms with E-state index in [1.807, 2.05) is 24.3 Å². The van der Waals surface area contributed by atoms with Gasteiger partial charge >= 0.3 is 0 Å². The highest BCUT2D eigenvalue weighted by molar-refractivity contribution is 6.10. The number of ether oxygens (including phenoxy) is 2. The van der Waals surface area contributed by atoms with Gasteiger partial charge in [-0.3, -0.25) is 4.79 Å². The van der Waals surface area contributed by atoms with Crippen LogP contribution in [0.3, 0.4) is 0 Å². The number of rotatable bonds is 6. The number of aromatic hydroxyl groups is 1. The number of allylic oxidation sites excluding steroid dienone is 1. The van der Waals surface area contributed by atoms with Gasteiger partial charge in [0.2, 0.25) is 0 Å². The molecule has 0 heterocycles. The van der Waals surface area contributed by atoms with E-state index >= 15 is 0 Å². The van der Waals surface area contributed by atoms with Gasteiger partial charge in [0.25, 0.3) is 0 Å². The van der Waals surface area contributed by atoms with E-state index in [0.29, 0.717) is 5.75 Å². The smallest absolute Gasteiger partial charge is 0.193 e. The number of carbonyl (C=O) groups is 1. The molecule has 1 N–H and O–H groups in total. The van der Waals surface area contributed by atoms with Crippen LogP contribution in [0.5, 0.6) is 17.2 Å². The van der Waals surface area contributed by atoms with Crippen molar-refractivity contribution in [3.63, 3.8) is 0 Å². The molecule has 2 rings (SSSR count). The van der Waals surface area contributed by atoms with Crippen molar-refractivity contribution in [1.82, 2.24) is 0 Å². The monoisotopic (exact) mass is 312 g/mol. The Morgan fingerprint density at radius 3 is 2.57 bits per heavy atom. The second kappa shape index (κ2) is 7.49. The topological polar surface area (TPSA) is 55.8 Å². The van der Waals surface area contributed by atoms with Crippen LogP contribution in [0, 0.1) is 0 Å². The number of phenolic OH excluding ortho intramolecular Hbond substituents is 1. The average Bonchev–Trinajstić information content (AvgIpc) is 2.58. The molecule has 0 saturated carbocycles. The number of benzene rings is 2. The van der Waals surface area contributed by atoms with E-state index in [9.17, 15) is 9.90 Å². The van der Waals surface area contributed by atoms with E-state index < -0.39 is 0 Å². The van der Waals surface area contributed by atoms with Gasteiger partial charge in [0.1, 0.15) is 22.8 Å². The summed E-state index contributed by atoms with van der Waals surface area (Å²) in [6.45, 7) is 2.06. The molecule has 4 nitrogen and oxygen atoms in total. The van der Waals surface area contributed by atoms with Gasteiger partial charge in [0.05, 0.1) is 14.2 Å². The van der Waals surface area contributed by atoms with E-state index in [-0.39, 0.29) is 22.8 Å². The third-order valence-electron chi connectivity index (χ3n) is 3.61. The standard InChI is InChI=1S/C19H20O4/c1-4-13-7-5-6-8-14(13)9-10-16(20)19-17(21)11-15(22-2)12-18(19)23-3/h5-12,21H,4H2,1-3H3/b10-9+. The normalized spacial score (nSPS) is 10.7. The van der Waals surface area contributed by atoms with E-state index in [1.165, 1.54) is 26.4 Å². The fraction of sp³-hybridized carbons (Fsp3) is 0.211. The summed E-state index contributed by atoms with van der Waals surface area (Å²) in [6, 6.07) is 10.8. The molecule has 0 aliphatic carbocycles. The maximum absolute atomic E-state index is 12.5. The molecule has 0 radical (unpaired) electrons. The van der Waals surface area contributed by atoms with E-state index in [1.54, 1.807) is 12.1 Å². The molecule has 23 heavy (non-hydrogen) atoms. The Morgan fingerprint density at radius 1 is 1.17 bits per heavy atom. The molecule has 0 amide bonds. The number of methoxy groups -OCH3 is 2. The van der Waals surface area contributed by atoms with Crippen LogP contribution in [0.15, 0.2) is 42.5 Å². The molecular formula is C19H20O4. The van der Waals surface area contributed by atoms with Crippen LogP contribution in [0.2, 0.25) is 0 Å². The predicted octanol–water partition coefficient (Wildman–Crippen LogP) is 3.87. The highest BCUT2D eigenvalue weighted by Crippen LogP contribution is 2.33. The quantitative estimate of drug-likeness (QED) is 0.650. The lowest BCUT2D eigenvalue weighted by atomic mass is 10.0. The lowest BCUT2D eigenvalue weighted by Crippen LogP contribution is -2.00. The van der Waals surface area contributed by atoms with Gasteiger partial charge in [-0.1, -0.05) is 37.3 Å². The zero-order valence-electron chi connectivity index (χ0n) is 13.5. The largest absolute Gasteiger partial charge is 0.507 e. The molecule has 120 valence electrons. The summed E-state index contributed by atoms with van der Waals surface area (Å²) in [4.78, 5) is 12.5. The molecule has 0 aliphatic heterocycles. The van der Waals surface area contributed by atoms with E-state index in [4.69, 9.17) is 9.47 Å². The third kappa shape index (κ3) is 3.72. The van der Waals surface area contributed by atoms with Crippen LogP contribution < -0.4 is 9.47 Å². The second-order valence-electron chi connectivity index (χ2n) is 4.97. The summed E-state index contributed by atoms with van der Waals surface area (Å²) >= 11 is 0. The summed E-state index contributed by atoms with van der Waals surface area (Å²) in [5.41, 5.74) is 2.26. The van der Waals surface area contributed by atoms with Crippen molar-refractivity contribution in [2.75, 3.05) is 14.2 Å². The minimum atomic E-state index is -0.326. The van der Waals surface area contributed by atoms with Crippen LogP contribution in [0.1, 0.15) is 28.4 Å². The zero-order valence-corrected chi connectivity index (χ0v) is 13.5. The van der Waals surface area contributed by atoms with Crippen LogP contribution in [0.4, 0.5) is 0 Å². The molecule has 0 fully saturated rings. The number of hydrogen-bond donors (Lipinski definition) is 1. The molecule has 0 saturated heterocycles. The SMILES string of the molecule is CCc1ccccc1/C=C/C(=O)c1c(O)cc(OC)cc1OC. The third-order valence-corrected chi connectivity index (χ3v) is 3.61. The Kier molecular flexibility index (Phi) is 5.41. The van der Waals surface area contributed by atoms with Crippen LogP contribution >= 0.6 is 0 Å². The van der Waals surface area contributed by atoms with Crippen molar-refractivity contribution in [3.8, 4) is 17.2 Å². The van der Waals surface area contributed by atoms with Gasteiger partial charge in [-0.2, -0.15) is 0 Å². The van der Waals surface area contributed by atoms with Crippen molar-refractivity contribution >= 4 is 11.9 Å². The van der Waals surface area contributed by atoms with Gasteiger partial charge in [0.15, 0.2) is 5.78 Å². The van der Waals surface area contributed by atoms with Crippen molar-refractivity contribution in [1.29, 1.82) is 0 Å². The zero-order chi connectivity index (χ0) is 16.8. The Labute approximate surface area is 136 Å². The van der Waals surface area contributed by atoms with E-state index in [2.05, 4.69) is 6.92 Å². The first-order valence-corrected chi connectivity index (χ1v) is 7.36. The van der Waals surface area contributed by atoms with Crippen LogP contribution in [0.25, 0.3) is 6.08 Å². The van der Waals surface area contributed by atoms with Gasteiger partial charge in [-0.05, 0) is 23.6 Å². The summed E-state index contributed by atoms with van der Waals surface area (Å²) < 4.78 is 10.3. The Bertz CT molecular complexity index is 732. The van der Waals surface area contributed by atoms with E-state index in [0.717, 1.165) is 17.5 Å². The maximum Gasteiger partial charge on any atom is 0.193 e. The second-order valence-corrected chi connectivity index (χ2v) is 4.97. The highest BCUT2D eigenvalue weighted by atomic mass is 16.5. The first kappa shape index (κ1) is 16.6. The molecule has 0 aliphatic rings. The molecular weight excluding hydrogens is 292 g/mol. The minimum Gasteiger partial charge on any atom is -0.507 e. The van der Waals surface area contributed by atoms with Gasteiger partial charge in [-0.25, -0.2) is 0 Å². The summed E-state index contributed by atoms with van der Waals surface area (Å²) in [5.74, 6) is 0.212. The minimum absolute atomic E-state index is 0.124. The van der Waals surface area contributed by atoms with Gasteiger partial charge in [0, 0.05) is 12.1 Å². The molecule has 4 heteroatoms.